The molecule has 3 nitrogen and oxygen atoms in total. The SMILES string of the molecule is N=CC(N)=Nc1cccc(Cl)c1. The van der Waals surface area contributed by atoms with E-state index in [1.54, 1.807) is 24.3 Å². The Bertz CT molecular complexity index is 320. The summed E-state index contributed by atoms with van der Waals surface area (Å²) in [5.74, 6) is 0.164. The quantitative estimate of drug-likeness (QED) is 0.532. The van der Waals surface area contributed by atoms with Crippen LogP contribution in [0.2, 0.25) is 5.02 Å². The zero-order valence-corrected chi connectivity index (χ0v) is 7.05. The number of nitrogens with one attached hydrogen (secondary N) is 1. The third-order valence-electron chi connectivity index (χ3n) is 1.21. The van der Waals surface area contributed by atoms with Crippen LogP contribution in [0.3, 0.4) is 0 Å². The van der Waals surface area contributed by atoms with E-state index in [4.69, 9.17) is 22.7 Å². The second-order valence-electron chi connectivity index (χ2n) is 2.16. The minimum absolute atomic E-state index is 0.164. The zero-order chi connectivity index (χ0) is 8.97. The number of nitrogens with two attached hydrogens (primary N) is 1. The second-order valence-corrected chi connectivity index (χ2v) is 2.60. The highest BCUT2D eigenvalue weighted by Crippen LogP contribution is 2.17. The summed E-state index contributed by atoms with van der Waals surface area (Å²) in [4.78, 5) is 3.91. The molecule has 0 amide bonds. The highest BCUT2D eigenvalue weighted by Gasteiger charge is 1.91. The lowest BCUT2D eigenvalue weighted by molar-refractivity contribution is 1.48. The fourth-order valence-corrected chi connectivity index (χ4v) is 0.912. The number of amidine groups is 1. The van der Waals surface area contributed by atoms with E-state index < -0.39 is 0 Å². The van der Waals surface area contributed by atoms with Gasteiger partial charge in [-0.1, -0.05) is 17.7 Å². The predicted molar refractivity (Wildman–Crippen MR) is 51.5 cm³/mol. The van der Waals surface area contributed by atoms with Gasteiger partial charge in [0, 0.05) is 5.02 Å². The summed E-state index contributed by atoms with van der Waals surface area (Å²) in [6.45, 7) is 0. The molecule has 1 aromatic carbocycles. The first-order valence-electron chi connectivity index (χ1n) is 3.32. The normalized spacial score (nSPS) is 11.2. The third-order valence-corrected chi connectivity index (χ3v) is 1.45. The van der Waals surface area contributed by atoms with Crippen molar-refractivity contribution in [2.45, 2.75) is 0 Å². The van der Waals surface area contributed by atoms with Crippen molar-refractivity contribution in [2.24, 2.45) is 10.7 Å². The van der Waals surface area contributed by atoms with Crippen molar-refractivity contribution in [1.82, 2.24) is 0 Å². The summed E-state index contributed by atoms with van der Waals surface area (Å²) in [5.41, 5.74) is 5.97. The van der Waals surface area contributed by atoms with Crippen molar-refractivity contribution in [3.8, 4) is 0 Å². The Morgan fingerprint density at radius 2 is 2.33 bits per heavy atom. The zero-order valence-electron chi connectivity index (χ0n) is 6.29. The van der Waals surface area contributed by atoms with E-state index >= 15 is 0 Å². The highest BCUT2D eigenvalue weighted by atomic mass is 35.5. The van der Waals surface area contributed by atoms with Crippen LogP contribution in [0.5, 0.6) is 0 Å². The minimum Gasteiger partial charge on any atom is -0.382 e. The van der Waals surface area contributed by atoms with Gasteiger partial charge in [-0.3, -0.25) is 0 Å². The van der Waals surface area contributed by atoms with Gasteiger partial charge in [-0.15, -0.1) is 0 Å². The Balaban J connectivity index is 2.97. The van der Waals surface area contributed by atoms with Gasteiger partial charge in [0.25, 0.3) is 0 Å². The maximum absolute atomic E-state index is 6.80. The molecule has 0 aliphatic rings. The fourth-order valence-electron chi connectivity index (χ4n) is 0.727. The topological polar surface area (TPSA) is 62.2 Å². The molecule has 1 rings (SSSR count). The molecular formula is C8H8ClN3. The van der Waals surface area contributed by atoms with E-state index in [1.165, 1.54) is 0 Å². The number of halogens is 1. The molecule has 3 N–H and O–H groups in total. The molecule has 12 heavy (non-hydrogen) atoms. The van der Waals surface area contributed by atoms with Gasteiger partial charge in [-0.25, -0.2) is 4.99 Å². The van der Waals surface area contributed by atoms with Crippen LogP contribution in [0, 0.1) is 5.41 Å². The lowest BCUT2D eigenvalue weighted by Gasteiger charge is -1.94. The fraction of sp³-hybridized carbons (Fsp3) is 0. The van der Waals surface area contributed by atoms with E-state index in [9.17, 15) is 0 Å². The molecule has 0 fully saturated rings. The number of aliphatic imine (C=N–C) groups is 1. The second kappa shape index (κ2) is 3.88. The van der Waals surface area contributed by atoms with E-state index in [1.807, 2.05) is 0 Å². The smallest absolute Gasteiger partial charge is 0.141 e. The summed E-state index contributed by atoms with van der Waals surface area (Å²) in [7, 11) is 0. The minimum atomic E-state index is 0.164. The summed E-state index contributed by atoms with van der Waals surface area (Å²) in [6, 6.07) is 6.97. The lowest BCUT2D eigenvalue weighted by atomic mass is 10.3. The van der Waals surface area contributed by atoms with Crippen molar-refractivity contribution in [2.75, 3.05) is 0 Å². The van der Waals surface area contributed by atoms with Crippen LogP contribution in [-0.2, 0) is 0 Å². The van der Waals surface area contributed by atoms with Gasteiger partial charge in [0.05, 0.1) is 11.9 Å². The summed E-state index contributed by atoms with van der Waals surface area (Å²) in [6.07, 6.45) is 0.987. The molecule has 62 valence electrons. The molecule has 4 heteroatoms. The van der Waals surface area contributed by atoms with Gasteiger partial charge in [-0.2, -0.15) is 0 Å². The van der Waals surface area contributed by atoms with Crippen LogP contribution in [0.1, 0.15) is 0 Å². The van der Waals surface area contributed by atoms with Crippen LogP contribution in [0.15, 0.2) is 29.3 Å². The van der Waals surface area contributed by atoms with Crippen molar-refractivity contribution in [1.29, 1.82) is 5.41 Å². The number of nitrogens with zero attached hydrogens (tertiary/aromatic N) is 1. The molecule has 0 atom stereocenters. The Labute approximate surface area is 75.4 Å². The maximum atomic E-state index is 6.80. The molecule has 0 saturated carbocycles. The van der Waals surface area contributed by atoms with Crippen LogP contribution in [-0.4, -0.2) is 12.1 Å². The summed E-state index contributed by atoms with van der Waals surface area (Å²) in [5, 5.41) is 7.40. The molecule has 0 saturated heterocycles. The largest absolute Gasteiger partial charge is 0.382 e. The molecule has 0 aromatic heterocycles. The number of hydrogen-bond donors (Lipinski definition) is 2. The first-order valence-corrected chi connectivity index (χ1v) is 3.70. The molecular weight excluding hydrogens is 174 g/mol. The van der Waals surface area contributed by atoms with Crippen LogP contribution >= 0.6 is 11.6 Å². The average Bonchev–Trinajstić information content (AvgIpc) is 2.04. The highest BCUT2D eigenvalue weighted by molar-refractivity contribution is 6.31. The Morgan fingerprint density at radius 1 is 1.58 bits per heavy atom. The number of hydrogen-bond acceptors (Lipinski definition) is 2. The van der Waals surface area contributed by atoms with E-state index in [2.05, 4.69) is 4.99 Å². The van der Waals surface area contributed by atoms with E-state index in [0.717, 1.165) is 6.21 Å². The van der Waals surface area contributed by atoms with Gasteiger partial charge < -0.3 is 11.1 Å². The Hall–Kier alpha value is -1.35. The molecule has 0 aliphatic carbocycles. The van der Waals surface area contributed by atoms with E-state index in [0.29, 0.717) is 10.7 Å². The van der Waals surface area contributed by atoms with Crippen LogP contribution in [0.4, 0.5) is 5.69 Å². The number of rotatable bonds is 2. The number of benzene rings is 1. The Morgan fingerprint density at radius 3 is 2.92 bits per heavy atom. The molecule has 0 radical (unpaired) electrons. The molecule has 0 unspecified atom stereocenters. The first kappa shape index (κ1) is 8.74. The van der Waals surface area contributed by atoms with Crippen molar-refractivity contribution in [3.63, 3.8) is 0 Å². The average molecular weight is 182 g/mol. The van der Waals surface area contributed by atoms with Crippen molar-refractivity contribution < 1.29 is 0 Å². The van der Waals surface area contributed by atoms with Gasteiger partial charge >= 0.3 is 0 Å². The van der Waals surface area contributed by atoms with Gasteiger partial charge in [-0.05, 0) is 18.2 Å². The molecule has 0 bridgehead atoms. The summed E-state index contributed by atoms with van der Waals surface area (Å²) < 4.78 is 0. The molecule has 1 aromatic rings. The predicted octanol–water partition coefficient (Wildman–Crippen LogP) is 1.98. The summed E-state index contributed by atoms with van der Waals surface area (Å²) >= 11 is 5.70. The van der Waals surface area contributed by atoms with Crippen LogP contribution in [0.25, 0.3) is 0 Å². The van der Waals surface area contributed by atoms with Crippen molar-refractivity contribution >= 4 is 29.3 Å². The van der Waals surface area contributed by atoms with Crippen LogP contribution < -0.4 is 5.73 Å². The van der Waals surface area contributed by atoms with Gasteiger partial charge in [0.1, 0.15) is 5.84 Å². The Kier molecular flexibility index (Phi) is 2.82. The standard InChI is InChI=1S/C8H8ClN3/c9-6-2-1-3-7(4-6)12-8(11)5-10/h1-5,10H,(H2,11,12). The molecule has 0 spiro atoms. The van der Waals surface area contributed by atoms with Gasteiger partial charge in [0.2, 0.25) is 0 Å². The monoisotopic (exact) mass is 181 g/mol. The third kappa shape index (κ3) is 2.36. The van der Waals surface area contributed by atoms with Gasteiger partial charge in [0.15, 0.2) is 0 Å². The molecule has 0 heterocycles. The molecule has 0 aliphatic heterocycles. The lowest BCUT2D eigenvalue weighted by Crippen LogP contribution is -2.11. The van der Waals surface area contributed by atoms with Crippen molar-refractivity contribution in [3.05, 3.63) is 29.3 Å². The first-order chi connectivity index (χ1) is 5.72. The maximum Gasteiger partial charge on any atom is 0.141 e. The van der Waals surface area contributed by atoms with E-state index in [-0.39, 0.29) is 5.84 Å².